The largest absolute Gasteiger partial charge is 0.346 e. The zero-order valence-corrected chi connectivity index (χ0v) is 15.2. The van der Waals surface area contributed by atoms with Gasteiger partial charge in [0, 0.05) is 40.1 Å². The Labute approximate surface area is 153 Å². The van der Waals surface area contributed by atoms with E-state index in [9.17, 15) is 4.79 Å². The van der Waals surface area contributed by atoms with Crippen LogP contribution in [0.4, 0.5) is 0 Å². The van der Waals surface area contributed by atoms with Gasteiger partial charge in [-0.1, -0.05) is 6.07 Å². The zero-order valence-electron chi connectivity index (χ0n) is 13.6. The Balaban J connectivity index is 1.60. The minimum Gasteiger partial charge on any atom is -0.346 e. The number of aryl methyl sites for hydroxylation is 1. The van der Waals surface area contributed by atoms with Crippen LogP contribution in [-0.2, 0) is 13.1 Å². The topological polar surface area (TPSA) is 59.8 Å². The maximum absolute atomic E-state index is 12.3. The van der Waals surface area contributed by atoms with Crippen molar-refractivity contribution in [2.45, 2.75) is 20.0 Å². The highest BCUT2D eigenvalue weighted by atomic mass is 32.1. The number of thiophene rings is 1. The average molecular weight is 368 g/mol. The third-order valence-corrected chi connectivity index (χ3v) is 5.70. The molecule has 0 aliphatic heterocycles. The molecule has 0 bridgehead atoms. The number of carbonyl (C=O) groups is 1. The number of pyridine rings is 1. The van der Waals surface area contributed by atoms with Gasteiger partial charge in [-0.05, 0) is 30.5 Å². The minimum absolute atomic E-state index is 0.145. The molecule has 0 spiro atoms. The lowest BCUT2D eigenvalue weighted by Crippen LogP contribution is -2.22. The van der Waals surface area contributed by atoms with Gasteiger partial charge in [0.2, 0.25) is 0 Å². The molecule has 126 valence electrons. The number of amides is 1. The average Bonchev–Trinajstić information content (AvgIpc) is 3.38. The number of hydrogen-bond donors (Lipinski definition) is 1. The van der Waals surface area contributed by atoms with Gasteiger partial charge in [-0.25, -0.2) is 9.97 Å². The molecule has 0 radical (unpaired) electrons. The Hall–Kier alpha value is -2.51. The van der Waals surface area contributed by atoms with Gasteiger partial charge in [-0.3, -0.25) is 4.79 Å². The maximum atomic E-state index is 12.3. The van der Waals surface area contributed by atoms with Crippen molar-refractivity contribution in [3.63, 3.8) is 0 Å². The van der Waals surface area contributed by atoms with E-state index in [0.29, 0.717) is 12.2 Å². The van der Waals surface area contributed by atoms with Gasteiger partial charge >= 0.3 is 0 Å². The Morgan fingerprint density at radius 1 is 1.28 bits per heavy atom. The van der Waals surface area contributed by atoms with Crippen molar-refractivity contribution in [1.82, 2.24) is 19.9 Å². The molecule has 1 amide bonds. The number of nitrogens with one attached hydrogen (secondary N) is 1. The van der Waals surface area contributed by atoms with Crippen molar-refractivity contribution < 1.29 is 4.79 Å². The van der Waals surface area contributed by atoms with Gasteiger partial charge in [0.25, 0.3) is 5.91 Å². The van der Waals surface area contributed by atoms with Crippen molar-refractivity contribution in [2.75, 3.05) is 0 Å². The second kappa shape index (κ2) is 6.78. The summed E-state index contributed by atoms with van der Waals surface area (Å²) in [5.41, 5.74) is 2.42. The van der Waals surface area contributed by atoms with Crippen LogP contribution < -0.4 is 5.32 Å². The van der Waals surface area contributed by atoms with Gasteiger partial charge < -0.3 is 9.88 Å². The molecule has 0 saturated heterocycles. The van der Waals surface area contributed by atoms with Crippen LogP contribution in [0.15, 0.2) is 47.4 Å². The molecule has 4 heterocycles. The lowest BCUT2D eigenvalue weighted by atomic mass is 10.2. The summed E-state index contributed by atoms with van der Waals surface area (Å²) in [7, 11) is 0. The molecular weight excluding hydrogens is 352 g/mol. The summed E-state index contributed by atoms with van der Waals surface area (Å²) in [6, 6.07) is 7.95. The first kappa shape index (κ1) is 16.0. The number of rotatable bonds is 5. The second-order valence-electron chi connectivity index (χ2n) is 5.50. The van der Waals surface area contributed by atoms with Gasteiger partial charge in [-0.15, -0.1) is 22.7 Å². The molecule has 0 aromatic carbocycles. The third-order valence-electron chi connectivity index (χ3n) is 3.95. The molecule has 0 unspecified atom stereocenters. The van der Waals surface area contributed by atoms with Crippen LogP contribution >= 0.6 is 22.7 Å². The molecule has 4 aromatic rings. The second-order valence-corrected chi connectivity index (χ2v) is 7.39. The lowest BCUT2D eigenvalue weighted by Gasteiger charge is -2.00. The third kappa shape index (κ3) is 3.08. The monoisotopic (exact) mass is 368 g/mol. The first-order valence-corrected chi connectivity index (χ1v) is 9.72. The van der Waals surface area contributed by atoms with E-state index in [4.69, 9.17) is 0 Å². The fourth-order valence-electron chi connectivity index (χ4n) is 2.71. The fraction of sp³-hybridized carbons (Fsp3) is 0.167. The first-order valence-electron chi connectivity index (χ1n) is 7.96. The zero-order chi connectivity index (χ0) is 17.2. The molecule has 0 aliphatic carbocycles. The van der Waals surface area contributed by atoms with Crippen molar-refractivity contribution in [2.24, 2.45) is 0 Å². The number of hydrogen-bond acceptors (Lipinski definition) is 5. The molecule has 4 aromatic heterocycles. The van der Waals surface area contributed by atoms with Gasteiger partial charge in [0.1, 0.15) is 16.3 Å². The highest BCUT2D eigenvalue weighted by Crippen LogP contribution is 2.31. The molecule has 7 heteroatoms. The highest BCUT2D eigenvalue weighted by Gasteiger charge is 2.16. The lowest BCUT2D eigenvalue weighted by molar-refractivity contribution is 0.0947. The SMILES string of the molecule is CCn1cc(-c2nc(C(=O)NCc3cccs3)cs2)c2cccnc21. The van der Waals surface area contributed by atoms with E-state index in [2.05, 4.69) is 33.0 Å². The van der Waals surface area contributed by atoms with Gasteiger partial charge in [0.15, 0.2) is 0 Å². The van der Waals surface area contributed by atoms with Crippen LogP contribution in [0, 0.1) is 0 Å². The van der Waals surface area contributed by atoms with Crippen LogP contribution in [0.5, 0.6) is 0 Å². The number of carbonyl (C=O) groups excluding carboxylic acids is 1. The molecule has 0 atom stereocenters. The Bertz CT molecular complexity index is 1020. The van der Waals surface area contributed by atoms with E-state index in [-0.39, 0.29) is 5.91 Å². The number of thiazole rings is 1. The van der Waals surface area contributed by atoms with Crippen molar-refractivity contribution in [3.05, 3.63) is 58.0 Å². The van der Waals surface area contributed by atoms with Crippen molar-refractivity contribution >= 4 is 39.6 Å². The number of nitrogens with zero attached hydrogens (tertiary/aromatic N) is 3. The Morgan fingerprint density at radius 2 is 2.20 bits per heavy atom. The summed E-state index contributed by atoms with van der Waals surface area (Å²) in [4.78, 5) is 22.5. The molecule has 0 saturated carbocycles. The standard InChI is InChI=1S/C18H16N4OS2/c1-2-22-10-14(13-6-3-7-19-16(13)22)18-21-15(11-25-18)17(23)20-9-12-5-4-8-24-12/h3-8,10-11H,2,9H2,1H3,(H,20,23). The number of aromatic nitrogens is 3. The molecule has 25 heavy (non-hydrogen) atoms. The van der Waals surface area contributed by atoms with E-state index >= 15 is 0 Å². The summed E-state index contributed by atoms with van der Waals surface area (Å²) in [6.45, 7) is 3.46. The predicted octanol–water partition coefficient (Wildman–Crippen LogP) is 4.17. The van der Waals surface area contributed by atoms with Crippen LogP contribution in [-0.4, -0.2) is 20.4 Å². The van der Waals surface area contributed by atoms with Gasteiger partial charge in [0.05, 0.1) is 6.54 Å². The molecule has 0 aliphatic rings. The molecule has 4 rings (SSSR count). The van der Waals surface area contributed by atoms with E-state index in [0.717, 1.165) is 33.0 Å². The maximum Gasteiger partial charge on any atom is 0.271 e. The molecule has 1 N–H and O–H groups in total. The summed E-state index contributed by atoms with van der Waals surface area (Å²) < 4.78 is 2.10. The summed E-state index contributed by atoms with van der Waals surface area (Å²) in [5.74, 6) is -0.145. The van der Waals surface area contributed by atoms with Crippen molar-refractivity contribution in [1.29, 1.82) is 0 Å². The normalized spacial score (nSPS) is 11.1. The van der Waals surface area contributed by atoms with Gasteiger partial charge in [-0.2, -0.15) is 0 Å². The van der Waals surface area contributed by atoms with Crippen LogP contribution in [0.3, 0.4) is 0 Å². The Kier molecular flexibility index (Phi) is 4.33. The van der Waals surface area contributed by atoms with Crippen LogP contribution in [0.25, 0.3) is 21.6 Å². The first-order chi connectivity index (χ1) is 12.3. The highest BCUT2D eigenvalue weighted by molar-refractivity contribution is 7.13. The fourth-order valence-corrected chi connectivity index (χ4v) is 4.18. The molecule has 5 nitrogen and oxygen atoms in total. The summed E-state index contributed by atoms with van der Waals surface area (Å²) in [6.07, 6.45) is 3.85. The van der Waals surface area contributed by atoms with Crippen LogP contribution in [0.2, 0.25) is 0 Å². The quantitative estimate of drug-likeness (QED) is 0.575. The molecule has 0 fully saturated rings. The number of fused-ring (bicyclic) bond motifs is 1. The van der Waals surface area contributed by atoms with E-state index < -0.39 is 0 Å². The van der Waals surface area contributed by atoms with Crippen molar-refractivity contribution in [3.8, 4) is 10.6 Å². The van der Waals surface area contributed by atoms with E-state index in [1.54, 1.807) is 17.5 Å². The molecular formula is C18H16N4OS2. The summed E-state index contributed by atoms with van der Waals surface area (Å²) in [5, 5.41) is 8.63. The smallest absolute Gasteiger partial charge is 0.271 e. The Morgan fingerprint density at radius 3 is 3.00 bits per heavy atom. The van der Waals surface area contributed by atoms with E-state index in [1.807, 2.05) is 35.0 Å². The van der Waals surface area contributed by atoms with E-state index in [1.165, 1.54) is 11.3 Å². The predicted molar refractivity (Wildman–Crippen MR) is 102 cm³/mol. The van der Waals surface area contributed by atoms with Crippen LogP contribution in [0.1, 0.15) is 22.3 Å². The minimum atomic E-state index is -0.145. The summed E-state index contributed by atoms with van der Waals surface area (Å²) >= 11 is 3.11.